The molecular formula is C16H32N4O. The molecular weight excluding hydrogens is 264 g/mol. The molecule has 0 amide bonds. The van der Waals surface area contributed by atoms with Crippen LogP contribution in [0.5, 0.6) is 0 Å². The number of rotatable bonds is 6. The number of likely N-dealkylation sites (tertiary alicyclic amines) is 2. The third kappa shape index (κ3) is 4.58. The molecule has 2 rings (SSSR count). The minimum absolute atomic E-state index is 0.640. The molecule has 2 unspecified atom stereocenters. The Morgan fingerprint density at radius 3 is 2.86 bits per heavy atom. The van der Waals surface area contributed by atoms with Gasteiger partial charge in [-0.1, -0.05) is 6.92 Å². The lowest BCUT2D eigenvalue weighted by Gasteiger charge is -2.24. The predicted molar refractivity (Wildman–Crippen MR) is 87.8 cm³/mol. The summed E-state index contributed by atoms with van der Waals surface area (Å²) < 4.78 is 5.29. The van der Waals surface area contributed by atoms with E-state index in [4.69, 9.17) is 9.73 Å². The van der Waals surface area contributed by atoms with Gasteiger partial charge in [-0.15, -0.1) is 0 Å². The number of hydrogen-bond donors (Lipinski definition) is 1. The van der Waals surface area contributed by atoms with E-state index in [2.05, 4.69) is 29.0 Å². The van der Waals surface area contributed by atoms with Crippen LogP contribution in [0, 0.1) is 5.92 Å². The monoisotopic (exact) mass is 296 g/mol. The molecule has 122 valence electrons. The largest absolute Gasteiger partial charge is 0.384 e. The molecule has 2 aliphatic rings. The van der Waals surface area contributed by atoms with Crippen LogP contribution in [0.25, 0.3) is 0 Å². The highest BCUT2D eigenvalue weighted by Gasteiger charge is 2.26. The van der Waals surface area contributed by atoms with E-state index in [1.807, 2.05) is 0 Å². The summed E-state index contributed by atoms with van der Waals surface area (Å²) in [5.74, 6) is 1.75. The van der Waals surface area contributed by atoms with Crippen molar-refractivity contribution in [1.29, 1.82) is 0 Å². The van der Waals surface area contributed by atoms with Gasteiger partial charge < -0.3 is 15.0 Å². The zero-order chi connectivity index (χ0) is 15.1. The Morgan fingerprint density at radius 1 is 1.29 bits per heavy atom. The minimum Gasteiger partial charge on any atom is -0.384 e. The molecule has 2 fully saturated rings. The lowest BCUT2D eigenvalue weighted by atomic mass is 10.1. The molecule has 0 radical (unpaired) electrons. The Hall–Kier alpha value is -0.810. The second-order valence-electron chi connectivity index (χ2n) is 6.18. The number of ether oxygens (including phenoxy) is 1. The van der Waals surface area contributed by atoms with Gasteiger partial charge in [0.25, 0.3) is 0 Å². The van der Waals surface area contributed by atoms with E-state index in [1.54, 1.807) is 7.11 Å². The van der Waals surface area contributed by atoms with Crippen LogP contribution in [0.1, 0.15) is 33.1 Å². The van der Waals surface area contributed by atoms with Crippen LogP contribution in [0.15, 0.2) is 4.99 Å². The molecule has 5 heteroatoms. The van der Waals surface area contributed by atoms with E-state index in [-0.39, 0.29) is 0 Å². The van der Waals surface area contributed by atoms with Crippen molar-refractivity contribution in [2.75, 3.05) is 53.0 Å². The van der Waals surface area contributed by atoms with Crippen molar-refractivity contribution in [1.82, 2.24) is 15.1 Å². The van der Waals surface area contributed by atoms with Crippen LogP contribution in [0.2, 0.25) is 0 Å². The number of nitrogens with zero attached hydrogens (tertiary/aromatic N) is 3. The number of aliphatic imine (C=N–C) groups is 1. The Morgan fingerprint density at radius 2 is 2.14 bits per heavy atom. The maximum Gasteiger partial charge on any atom is 0.193 e. The maximum absolute atomic E-state index is 5.29. The highest BCUT2D eigenvalue weighted by molar-refractivity contribution is 5.80. The Labute approximate surface area is 129 Å². The number of nitrogens with one attached hydrogen (secondary N) is 1. The van der Waals surface area contributed by atoms with Gasteiger partial charge in [-0.2, -0.15) is 0 Å². The average Bonchev–Trinajstić information content (AvgIpc) is 3.12. The van der Waals surface area contributed by atoms with E-state index in [0.29, 0.717) is 12.0 Å². The quantitative estimate of drug-likeness (QED) is 0.594. The lowest BCUT2D eigenvalue weighted by Crippen LogP contribution is -2.41. The normalized spacial score (nSPS) is 27.6. The summed E-state index contributed by atoms with van der Waals surface area (Å²) in [7, 11) is 1.79. The smallest absolute Gasteiger partial charge is 0.193 e. The minimum atomic E-state index is 0.640. The van der Waals surface area contributed by atoms with Crippen LogP contribution < -0.4 is 5.32 Å². The summed E-state index contributed by atoms with van der Waals surface area (Å²) in [6.45, 7) is 11.7. The number of methoxy groups -OCH3 is 1. The third-order valence-corrected chi connectivity index (χ3v) is 4.68. The standard InChI is InChI=1S/C16H32N4O/c1-4-17-16(20-10-8-14(12-20)13-21-3)18-11-15-7-6-9-19(15)5-2/h14-15H,4-13H2,1-3H3,(H,17,18). The molecule has 0 saturated carbocycles. The highest BCUT2D eigenvalue weighted by Crippen LogP contribution is 2.18. The topological polar surface area (TPSA) is 40.1 Å². The first-order chi connectivity index (χ1) is 10.3. The summed E-state index contributed by atoms with van der Waals surface area (Å²) >= 11 is 0. The zero-order valence-electron chi connectivity index (χ0n) is 14.0. The van der Waals surface area contributed by atoms with E-state index in [0.717, 1.165) is 45.3 Å². The Balaban J connectivity index is 1.90. The van der Waals surface area contributed by atoms with Crippen molar-refractivity contribution in [2.45, 2.75) is 39.2 Å². The van der Waals surface area contributed by atoms with Crippen molar-refractivity contribution in [3.8, 4) is 0 Å². The predicted octanol–water partition coefficient (Wildman–Crippen LogP) is 1.40. The van der Waals surface area contributed by atoms with Crippen molar-refractivity contribution in [3.05, 3.63) is 0 Å². The molecule has 0 bridgehead atoms. The summed E-state index contributed by atoms with van der Waals surface area (Å²) in [6, 6.07) is 0.640. The van der Waals surface area contributed by atoms with Crippen LogP contribution in [0.4, 0.5) is 0 Å². The number of likely N-dealkylation sites (N-methyl/N-ethyl adjacent to an activating group) is 1. The Kier molecular flexibility index (Phi) is 6.77. The van der Waals surface area contributed by atoms with Crippen LogP contribution in [0.3, 0.4) is 0 Å². The van der Waals surface area contributed by atoms with Gasteiger partial charge in [0, 0.05) is 38.7 Å². The van der Waals surface area contributed by atoms with Gasteiger partial charge in [0.05, 0.1) is 13.2 Å². The summed E-state index contributed by atoms with van der Waals surface area (Å²) in [5.41, 5.74) is 0. The first kappa shape index (κ1) is 16.6. The van der Waals surface area contributed by atoms with E-state index in [9.17, 15) is 0 Å². The van der Waals surface area contributed by atoms with Gasteiger partial charge in [-0.25, -0.2) is 0 Å². The van der Waals surface area contributed by atoms with Gasteiger partial charge in [-0.3, -0.25) is 9.89 Å². The molecule has 0 aromatic heterocycles. The van der Waals surface area contributed by atoms with Gasteiger partial charge >= 0.3 is 0 Å². The molecule has 5 nitrogen and oxygen atoms in total. The lowest BCUT2D eigenvalue weighted by molar-refractivity contribution is 0.157. The average molecular weight is 296 g/mol. The molecule has 0 aliphatic carbocycles. The fourth-order valence-electron chi connectivity index (χ4n) is 3.53. The van der Waals surface area contributed by atoms with Gasteiger partial charge in [-0.05, 0) is 39.3 Å². The number of guanidine groups is 1. The van der Waals surface area contributed by atoms with Gasteiger partial charge in [0.15, 0.2) is 5.96 Å². The molecule has 1 N–H and O–H groups in total. The number of hydrogen-bond acceptors (Lipinski definition) is 3. The summed E-state index contributed by atoms with van der Waals surface area (Å²) in [6.07, 6.45) is 3.83. The van der Waals surface area contributed by atoms with Crippen molar-refractivity contribution >= 4 is 5.96 Å². The molecule has 0 aromatic rings. The summed E-state index contributed by atoms with van der Waals surface area (Å²) in [5, 5.41) is 3.46. The fraction of sp³-hybridized carbons (Fsp3) is 0.938. The van der Waals surface area contributed by atoms with E-state index >= 15 is 0 Å². The summed E-state index contributed by atoms with van der Waals surface area (Å²) in [4.78, 5) is 9.88. The molecule has 2 aliphatic heterocycles. The first-order valence-corrected chi connectivity index (χ1v) is 8.54. The molecule has 21 heavy (non-hydrogen) atoms. The molecule has 0 aromatic carbocycles. The highest BCUT2D eigenvalue weighted by atomic mass is 16.5. The van der Waals surface area contributed by atoms with Crippen LogP contribution in [-0.2, 0) is 4.74 Å². The molecule has 0 spiro atoms. The van der Waals surface area contributed by atoms with Gasteiger partial charge in [0.1, 0.15) is 0 Å². The van der Waals surface area contributed by atoms with Crippen LogP contribution in [-0.4, -0.2) is 74.8 Å². The SMILES string of the molecule is CCNC(=NCC1CCCN1CC)N1CCC(COC)C1. The van der Waals surface area contributed by atoms with Gasteiger partial charge in [0.2, 0.25) is 0 Å². The molecule has 2 atom stereocenters. The molecule has 2 saturated heterocycles. The second-order valence-corrected chi connectivity index (χ2v) is 6.18. The molecule has 2 heterocycles. The third-order valence-electron chi connectivity index (χ3n) is 4.68. The van der Waals surface area contributed by atoms with Crippen LogP contribution >= 0.6 is 0 Å². The van der Waals surface area contributed by atoms with Crippen molar-refractivity contribution in [3.63, 3.8) is 0 Å². The fourth-order valence-corrected chi connectivity index (χ4v) is 3.53. The first-order valence-electron chi connectivity index (χ1n) is 8.54. The van der Waals surface area contributed by atoms with Crippen molar-refractivity contribution < 1.29 is 4.74 Å². The van der Waals surface area contributed by atoms with E-state index < -0.39 is 0 Å². The Bertz CT molecular complexity index is 334. The zero-order valence-corrected chi connectivity index (χ0v) is 14.0. The van der Waals surface area contributed by atoms with Crippen molar-refractivity contribution in [2.24, 2.45) is 10.9 Å². The maximum atomic E-state index is 5.29. The van der Waals surface area contributed by atoms with E-state index in [1.165, 1.54) is 25.8 Å². The second kappa shape index (κ2) is 8.59.